The molecule has 7 nitrogen and oxygen atoms in total. The molecule has 0 fully saturated rings. The minimum Gasteiger partial charge on any atom is -0.444 e. The van der Waals surface area contributed by atoms with Crippen molar-refractivity contribution in [3.05, 3.63) is 0 Å². The van der Waals surface area contributed by atoms with E-state index in [1.54, 1.807) is 20.8 Å². The van der Waals surface area contributed by atoms with E-state index in [2.05, 4.69) is 5.32 Å². The average molecular weight is 332 g/mol. The van der Waals surface area contributed by atoms with Crippen molar-refractivity contribution in [3.8, 4) is 0 Å². The van der Waals surface area contributed by atoms with E-state index >= 15 is 0 Å². The van der Waals surface area contributed by atoms with Gasteiger partial charge < -0.3 is 19.9 Å². The molecule has 0 saturated carbocycles. The first kappa shape index (κ1) is 21.7. The molecule has 2 N–H and O–H groups in total. The molecule has 0 radical (unpaired) electrons. The van der Waals surface area contributed by atoms with E-state index in [0.29, 0.717) is 19.6 Å². The van der Waals surface area contributed by atoms with Crippen molar-refractivity contribution in [1.29, 1.82) is 0 Å². The highest BCUT2D eigenvalue weighted by atomic mass is 16.6. The van der Waals surface area contributed by atoms with E-state index in [0.717, 1.165) is 6.42 Å². The van der Waals surface area contributed by atoms with E-state index in [1.807, 2.05) is 6.92 Å². The standard InChI is InChI=1S/C16H32N2O5/c1-6-13(7-9-19)11-17-14(20)12-18(8-10-22-5)15(21)23-16(2,3)4/h13,19H,6-12H2,1-5H3,(H,17,20). The molecular weight excluding hydrogens is 300 g/mol. The topological polar surface area (TPSA) is 88.1 Å². The van der Waals surface area contributed by atoms with Crippen LogP contribution in [0.4, 0.5) is 4.79 Å². The fraction of sp³-hybridized carbons (Fsp3) is 0.875. The molecule has 0 bridgehead atoms. The molecule has 23 heavy (non-hydrogen) atoms. The predicted molar refractivity (Wildman–Crippen MR) is 88.2 cm³/mol. The molecule has 0 aliphatic rings. The highest BCUT2D eigenvalue weighted by Gasteiger charge is 2.23. The molecule has 0 spiro atoms. The van der Waals surface area contributed by atoms with Crippen LogP contribution in [-0.4, -0.2) is 67.6 Å². The quantitative estimate of drug-likeness (QED) is 0.631. The first-order valence-corrected chi connectivity index (χ1v) is 8.07. The number of methoxy groups -OCH3 is 1. The summed E-state index contributed by atoms with van der Waals surface area (Å²) in [4.78, 5) is 25.5. The molecule has 0 rings (SSSR count). The Balaban J connectivity index is 4.51. The van der Waals surface area contributed by atoms with Crippen molar-refractivity contribution in [1.82, 2.24) is 10.2 Å². The van der Waals surface area contributed by atoms with Crippen LogP contribution in [0.25, 0.3) is 0 Å². The molecule has 136 valence electrons. The molecule has 7 heteroatoms. The summed E-state index contributed by atoms with van der Waals surface area (Å²) in [7, 11) is 1.54. The summed E-state index contributed by atoms with van der Waals surface area (Å²) >= 11 is 0. The number of ether oxygens (including phenoxy) is 2. The molecule has 1 unspecified atom stereocenters. The second kappa shape index (κ2) is 11.2. The van der Waals surface area contributed by atoms with Crippen LogP contribution < -0.4 is 5.32 Å². The lowest BCUT2D eigenvalue weighted by atomic mass is 10.0. The van der Waals surface area contributed by atoms with Gasteiger partial charge in [-0.1, -0.05) is 13.3 Å². The summed E-state index contributed by atoms with van der Waals surface area (Å²) in [6.45, 7) is 8.47. The maximum Gasteiger partial charge on any atom is 0.410 e. The minimum atomic E-state index is -0.618. The average Bonchev–Trinajstić information content (AvgIpc) is 2.45. The van der Waals surface area contributed by atoms with Crippen molar-refractivity contribution in [3.63, 3.8) is 0 Å². The molecule has 1 atom stereocenters. The van der Waals surface area contributed by atoms with E-state index < -0.39 is 11.7 Å². The third-order valence-corrected chi connectivity index (χ3v) is 3.25. The van der Waals surface area contributed by atoms with Gasteiger partial charge in [0.1, 0.15) is 12.1 Å². The number of aliphatic hydroxyl groups excluding tert-OH is 1. The largest absolute Gasteiger partial charge is 0.444 e. The van der Waals surface area contributed by atoms with Gasteiger partial charge >= 0.3 is 6.09 Å². The van der Waals surface area contributed by atoms with Gasteiger partial charge in [0.25, 0.3) is 0 Å². The van der Waals surface area contributed by atoms with Gasteiger partial charge in [-0.2, -0.15) is 0 Å². The van der Waals surface area contributed by atoms with Crippen molar-refractivity contribution >= 4 is 12.0 Å². The lowest BCUT2D eigenvalue weighted by Gasteiger charge is -2.27. The number of hydrogen-bond donors (Lipinski definition) is 2. The highest BCUT2D eigenvalue weighted by Crippen LogP contribution is 2.10. The first-order valence-electron chi connectivity index (χ1n) is 8.07. The fourth-order valence-corrected chi connectivity index (χ4v) is 1.88. The maximum absolute atomic E-state index is 12.1. The zero-order valence-corrected chi connectivity index (χ0v) is 15.1. The second-order valence-electron chi connectivity index (χ2n) is 6.49. The Morgan fingerprint density at radius 1 is 1.30 bits per heavy atom. The summed E-state index contributed by atoms with van der Waals surface area (Å²) in [5.74, 6) is -0.0127. The highest BCUT2D eigenvalue weighted by molar-refractivity contribution is 5.82. The summed E-state index contributed by atoms with van der Waals surface area (Å²) in [6.07, 6.45) is 0.989. The van der Waals surface area contributed by atoms with Gasteiger partial charge in [0.05, 0.1) is 6.61 Å². The Labute approximate surface area is 139 Å². The van der Waals surface area contributed by atoms with E-state index in [-0.39, 0.29) is 31.5 Å². The Morgan fingerprint density at radius 3 is 2.43 bits per heavy atom. The summed E-state index contributed by atoms with van der Waals surface area (Å²) < 4.78 is 10.3. The predicted octanol–water partition coefficient (Wildman–Crippen LogP) is 1.39. The molecule has 2 amide bonds. The van der Waals surface area contributed by atoms with Crippen molar-refractivity contribution < 1.29 is 24.2 Å². The molecule has 0 saturated heterocycles. The third-order valence-electron chi connectivity index (χ3n) is 3.25. The number of aliphatic hydroxyl groups is 1. The van der Waals surface area contributed by atoms with Gasteiger partial charge in [-0.25, -0.2) is 4.79 Å². The van der Waals surface area contributed by atoms with Crippen LogP contribution in [0.1, 0.15) is 40.5 Å². The van der Waals surface area contributed by atoms with E-state index in [9.17, 15) is 9.59 Å². The van der Waals surface area contributed by atoms with Crippen LogP contribution in [0.3, 0.4) is 0 Å². The normalized spacial score (nSPS) is 12.6. The van der Waals surface area contributed by atoms with Crippen molar-refractivity contribution in [2.24, 2.45) is 5.92 Å². The number of carbonyl (C=O) groups excluding carboxylic acids is 2. The van der Waals surface area contributed by atoms with Gasteiger partial charge in [0.15, 0.2) is 0 Å². The second-order valence-corrected chi connectivity index (χ2v) is 6.49. The molecule has 0 aromatic carbocycles. The van der Waals surface area contributed by atoms with Crippen LogP contribution in [0, 0.1) is 5.92 Å². The number of hydrogen-bond acceptors (Lipinski definition) is 5. The van der Waals surface area contributed by atoms with Crippen molar-refractivity contribution in [2.75, 3.05) is 40.0 Å². The summed E-state index contributed by atoms with van der Waals surface area (Å²) in [5.41, 5.74) is -0.618. The lowest BCUT2D eigenvalue weighted by Crippen LogP contribution is -2.45. The molecular formula is C16H32N2O5. The fourth-order valence-electron chi connectivity index (χ4n) is 1.88. The van der Waals surface area contributed by atoms with Gasteiger partial charge in [0, 0.05) is 26.8 Å². The zero-order valence-electron chi connectivity index (χ0n) is 15.1. The zero-order chi connectivity index (χ0) is 17.9. The van der Waals surface area contributed by atoms with Crippen LogP contribution in [0.5, 0.6) is 0 Å². The van der Waals surface area contributed by atoms with Gasteiger partial charge in [-0.05, 0) is 33.1 Å². The number of carbonyl (C=O) groups is 2. The number of rotatable bonds is 10. The number of nitrogens with zero attached hydrogens (tertiary/aromatic N) is 1. The Morgan fingerprint density at radius 2 is 1.96 bits per heavy atom. The maximum atomic E-state index is 12.1. The first-order chi connectivity index (χ1) is 10.7. The SMILES string of the molecule is CCC(CCO)CNC(=O)CN(CCOC)C(=O)OC(C)(C)C. The third kappa shape index (κ3) is 10.9. The van der Waals surface area contributed by atoms with Crippen LogP contribution in [0.2, 0.25) is 0 Å². The number of amides is 2. The van der Waals surface area contributed by atoms with Gasteiger partial charge in [0.2, 0.25) is 5.91 Å². The molecule has 0 aliphatic heterocycles. The van der Waals surface area contributed by atoms with Crippen LogP contribution in [0.15, 0.2) is 0 Å². The van der Waals surface area contributed by atoms with E-state index in [4.69, 9.17) is 14.6 Å². The van der Waals surface area contributed by atoms with Crippen LogP contribution >= 0.6 is 0 Å². The Hall–Kier alpha value is -1.34. The van der Waals surface area contributed by atoms with Gasteiger partial charge in [-0.15, -0.1) is 0 Å². The van der Waals surface area contributed by atoms with Gasteiger partial charge in [-0.3, -0.25) is 9.69 Å². The summed E-state index contributed by atoms with van der Waals surface area (Å²) in [5, 5.41) is 11.8. The molecule has 0 aromatic rings. The smallest absolute Gasteiger partial charge is 0.410 e. The molecule has 0 aromatic heterocycles. The Kier molecular flexibility index (Phi) is 10.6. The number of nitrogens with one attached hydrogen (secondary N) is 1. The molecule has 0 heterocycles. The van der Waals surface area contributed by atoms with E-state index in [1.165, 1.54) is 12.0 Å². The van der Waals surface area contributed by atoms with Crippen LogP contribution in [-0.2, 0) is 14.3 Å². The monoisotopic (exact) mass is 332 g/mol. The lowest BCUT2D eigenvalue weighted by molar-refractivity contribution is -0.122. The molecule has 0 aliphatic carbocycles. The minimum absolute atomic E-state index is 0.0756. The summed E-state index contributed by atoms with van der Waals surface area (Å²) in [6, 6.07) is 0. The van der Waals surface area contributed by atoms with Crippen molar-refractivity contribution in [2.45, 2.75) is 46.1 Å². The Bertz CT molecular complexity index is 355.